The van der Waals surface area contributed by atoms with E-state index in [1.807, 2.05) is 18.2 Å². The van der Waals surface area contributed by atoms with E-state index in [0.717, 1.165) is 36.6 Å². The number of ether oxygens (including phenoxy) is 2. The summed E-state index contributed by atoms with van der Waals surface area (Å²) in [6.45, 7) is 3.96. The number of aliphatic imine (C=N–C) groups is 1. The molecule has 6 heteroatoms. The van der Waals surface area contributed by atoms with Crippen molar-refractivity contribution >= 4 is 29.9 Å². The van der Waals surface area contributed by atoms with Crippen molar-refractivity contribution in [3.05, 3.63) is 23.8 Å². The molecule has 0 aromatic heterocycles. The number of para-hydroxylation sites is 1. The van der Waals surface area contributed by atoms with Crippen molar-refractivity contribution in [2.45, 2.75) is 38.6 Å². The summed E-state index contributed by atoms with van der Waals surface area (Å²) >= 11 is 0. The Kier molecular flexibility index (Phi) is 7.26. The summed E-state index contributed by atoms with van der Waals surface area (Å²) in [6.07, 6.45) is 5.90. The highest BCUT2D eigenvalue weighted by Crippen LogP contribution is 2.33. The molecular weight excluding hydrogens is 405 g/mol. The van der Waals surface area contributed by atoms with Crippen LogP contribution in [0.3, 0.4) is 0 Å². The highest BCUT2D eigenvalue weighted by Gasteiger charge is 2.15. The number of benzene rings is 1. The Morgan fingerprint density at radius 1 is 1.04 bits per heavy atom. The van der Waals surface area contributed by atoms with Crippen LogP contribution in [0.15, 0.2) is 23.2 Å². The molecule has 23 heavy (non-hydrogen) atoms. The quantitative estimate of drug-likeness (QED) is 0.444. The van der Waals surface area contributed by atoms with E-state index in [1.54, 1.807) is 0 Å². The van der Waals surface area contributed by atoms with E-state index in [-0.39, 0.29) is 24.0 Å². The van der Waals surface area contributed by atoms with Crippen molar-refractivity contribution < 1.29 is 9.47 Å². The maximum atomic E-state index is 6.18. The first-order valence-corrected chi connectivity index (χ1v) is 8.27. The number of hydrogen-bond donors (Lipinski definition) is 1. The third-order valence-electron chi connectivity index (χ3n) is 4.19. The predicted molar refractivity (Wildman–Crippen MR) is 103 cm³/mol. The summed E-state index contributed by atoms with van der Waals surface area (Å²) in [5.74, 6) is 2.29. The van der Waals surface area contributed by atoms with Crippen molar-refractivity contribution in [2.75, 3.05) is 26.3 Å². The van der Waals surface area contributed by atoms with Gasteiger partial charge in [0.15, 0.2) is 17.5 Å². The standard InChI is InChI=1S/C17H25N3O2.HI/c18-17(20-9-3-1-2-4-10-20)19-13-14-7-5-8-15-16(14)22-12-6-11-21-15;/h5,7-8H,1-4,6,9-13H2,(H2,18,19);1H. The Labute approximate surface area is 155 Å². The van der Waals surface area contributed by atoms with Crippen LogP contribution in [0, 0.1) is 0 Å². The Bertz CT molecular complexity index is 529. The van der Waals surface area contributed by atoms with Crippen LogP contribution in [-0.4, -0.2) is 37.2 Å². The lowest BCUT2D eigenvalue weighted by Crippen LogP contribution is -2.38. The molecule has 0 bridgehead atoms. The summed E-state index contributed by atoms with van der Waals surface area (Å²) in [6, 6.07) is 5.97. The Morgan fingerprint density at radius 2 is 1.78 bits per heavy atom. The number of likely N-dealkylation sites (tertiary alicyclic amines) is 1. The minimum absolute atomic E-state index is 0. The summed E-state index contributed by atoms with van der Waals surface area (Å²) < 4.78 is 11.5. The van der Waals surface area contributed by atoms with Gasteiger partial charge in [-0.15, -0.1) is 24.0 Å². The van der Waals surface area contributed by atoms with Gasteiger partial charge in [0.05, 0.1) is 19.8 Å². The lowest BCUT2D eigenvalue weighted by Gasteiger charge is -2.21. The van der Waals surface area contributed by atoms with Crippen LogP contribution in [0.2, 0.25) is 0 Å². The van der Waals surface area contributed by atoms with E-state index < -0.39 is 0 Å². The molecule has 1 saturated heterocycles. The molecule has 0 saturated carbocycles. The van der Waals surface area contributed by atoms with Gasteiger partial charge in [-0.25, -0.2) is 4.99 Å². The minimum atomic E-state index is 0. The molecule has 0 aliphatic carbocycles. The van der Waals surface area contributed by atoms with Gasteiger partial charge in [-0.3, -0.25) is 0 Å². The molecule has 2 N–H and O–H groups in total. The lowest BCUT2D eigenvalue weighted by molar-refractivity contribution is 0.296. The molecule has 5 nitrogen and oxygen atoms in total. The molecule has 0 radical (unpaired) electrons. The van der Waals surface area contributed by atoms with Crippen molar-refractivity contribution in [1.29, 1.82) is 0 Å². The fourth-order valence-electron chi connectivity index (χ4n) is 2.94. The van der Waals surface area contributed by atoms with Crippen LogP contribution in [0.25, 0.3) is 0 Å². The largest absolute Gasteiger partial charge is 0.490 e. The van der Waals surface area contributed by atoms with Crippen LogP contribution < -0.4 is 15.2 Å². The van der Waals surface area contributed by atoms with Gasteiger partial charge in [0.25, 0.3) is 0 Å². The van der Waals surface area contributed by atoms with Crippen LogP contribution in [0.1, 0.15) is 37.7 Å². The molecule has 0 spiro atoms. The fraction of sp³-hybridized carbons (Fsp3) is 0.588. The summed E-state index contributed by atoms with van der Waals surface area (Å²) in [7, 11) is 0. The first-order valence-electron chi connectivity index (χ1n) is 8.27. The molecule has 0 atom stereocenters. The van der Waals surface area contributed by atoms with Crippen LogP contribution in [0.4, 0.5) is 0 Å². The van der Waals surface area contributed by atoms with Gasteiger partial charge < -0.3 is 20.1 Å². The maximum Gasteiger partial charge on any atom is 0.191 e. The molecule has 1 aromatic rings. The highest BCUT2D eigenvalue weighted by molar-refractivity contribution is 14.0. The van der Waals surface area contributed by atoms with E-state index in [0.29, 0.717) is 25.7 Å². The van der Waals surface area contributed by atoms with Gasteiger partial charge >= 0.3 is 0 Å². The molecular formula is C17H26IN3O2. The lowest BCUT2D eigenvalue weighted by atomic mass is 10.2. The summed E-state index contributed by atoms with van der Waals surface area (Å²) in [5.41, 5.74) is 7.22. The fourth-order valence-corrected chi connectivity index (χ4v) is 2.94. The third-order valence-corrected chi connectivity index (χ3v) is 4.19. The molecule has 128 valence electrons. The number of fused-ring (bicyclic) bond motifs is 1. The average Bonchev–Trinajstić information content (AvgIpc) is 2.95. The van der Waals surface area contributed by atoms with Gasteiger partial charge in [-0.05, 0) is 18.9 Å². The molecule has 0 amide bonds. The van der Waals surface area contributed by atoms with Crippen LogP contribution in [0.5, 0.6) is 11.5 Å². The van der Waals surface area contributed by atoms with Crippen molar-refractivity contribution in [3.63, 3.8) is 0 Å². The van der Waals surface area contributed by atoms with Crippen molar-refractivity contribution in [2.24, 2.45) is 10.7 Å². The molecule has 1 fully saturated rings. The molecule has 2 aliphatic rings. The first kappa shape index (κ1) is 18.2. The predicted octanol–water partition coefficient (Wildman–Crippen LogP) is 3.16. The number of hydrogen-bond acceptors (Lipinski definition) is 3. The van der Waals surface area contributed by atoms with Crippen molar-refractivity contribution in [3.8, 4) is 11.5 Å². The number of halogens is 1. The van der Waals surface area contributed by atoms with Gasteiger partial charge in [0.2, 0.25) is 0 Å². The molecule has 0 unspecified atom stereocenters. The molecule has 3 rings (SSSR count). The number of nitrogens with two attached hydrogens (primary N) is 1. The second-order valence-corrected chi connectivity index (χ2v) is 5.87. The second kappa shape index (κ2) is 9.20. The monoisotopic (exact) mass is 431 g/mol. The van der Waals surface area contributed by atoms with Crippen LogP contribution >= 0.6 is 24.0 Å². The molecule has 1 aromatic carbocycles. The zero-order chi connectivity index (χ0) is 15.2. The number of nitrogens with zero attached hydrogens (tertiary/aromatic N) is 2. The van der Waals surface area contributed by atoms with E-state index in [2.05, 4.69) is 9.89 Å². The third kappa shape index (κ3) is 4.89. The van der Waals surface area contributed by atoms with Gasteiger partial charge in [-0.1, -0.05) is 25.0 Å². The smallest absolute Gasteiger partial charge is 0.191 e. The topological polar surface area (TPSA) is 60.1 Å². The second-order valence-electron chi connectivity index (χ2n) is 5.87. The van der Waals surface area contributed by atoms with Gasteiger partial charge in [0.1, 0.15) is 0 Å². The van der Waals surface area contributed by atoms with E-state index in [1.165, 1.54) is 25.7 Å². The Balaban J connectivity index is 0.00000192. The normalized spacial score (nSPS) is 18.6. The summed E-state index contributed by atoms with van der Waals surface area (Å²) in [5, 5.41) is 0. The van der Waals surface area contributed by atoms with Gasteiger partial charge in [-0.2, -0.15) is 0 Å². The maximum absolute atomic E-state index is 6.18. The van der Waals surface area contributed by atoms with E-state index >= 15 is 0 Å². The summed E-state index contributed by atoms with van der Waals surface area (Å²) in [4.78, 5) is 6.78. The zero-order valence-corrected chi connectivity index (χ0v) is 15.8. The number of guanidine groups is 1. The number of rotatable bonds is 2. The van der Waals surface area contributed by atoms with Gasteiger partial charge in [0, 0.05) is 25.1 Å². The van der Waals surface area contributed by atoms with E-state index in [9.17, 15) is 0 Å². The zero-order valence-electron chi connectivity index (χ0n) is 13.5. The highest BCUT2D eigenvalue weighted by atomic mass is 127. The van der Waals surface area contributed by atoms with Crippen LogP contribution in [-0.2, 0) is 6.54 Å². The first-order chi connectivity index (χ1) is 10.8. The Hall–Kier alpha value is -1.18. The molecule has 2 aliphatic heterocycles. The minimum Gasteiger partial charge on any atom is -0.490 e. The molecule has 2 heterocycles. The average molecular weight is 431 g/mol. The van der Waals surface area contributed by atoms with E-state index in [4.69, 9.17) is 15.2 Å². The SMILES string of the molecule is I.NC(=NCc1cccc2c1OCCCO2)N1CCCCCC1. The Morgan fingerprint density at radius 3 is 2.57 bits per heavy atom. The van der Waals surface area contributed by atoms with Crippen molar-refractivity contribution in [1.82, 2.24) is 4.90 Å².